The molecule has 0 aliphatic carbocycles. The second-order valence-electron chi connectivity index (χ2n) is 7.49. The van der Waals surface area contributed by atoms with Gasteiger partial charge in [0.15, 0.2) is 5.82 Å². The van der Waals surface area contributed by atoms with Crippen LogP contribution in [0, 0.1) is 22.7 Å². The normalized spacial score (nSPS) is 16.5. The SMILES string of the molecule is CC(=O)Nc1nn(Cc2ccc(C#N)cc2)cc1C(=O)NCC(=O)N1CC(F)(F)C[C@H]1C#N. The van der Waals surface area contributed by atoms with E-state index in [1.54, 1.807) is 30.3 Å². The monoisotopic (exact) mass is 455 g/mol. The highest BCUT2D eigenvalue weighted by Crippen LogP contribution is 2.31. The number of benzene rings is 1. The molecule has 3 rings (SSSR count). The van der Waals surface area contributed by atoms with Crippen molar-refractivity contribution in [1.82, 2.24) is 20.0 Å². The molecule has 2 heterocycles. The second-order valence-corrected chi connectivity index (χ2v) is 7.49. The van der Waals surface area contributed by atoms with Gasteiger partial charge < -0.3 is 15.5 Å². The number of rotatable bonds is 6. The van der Waals surface area contributed by atoms with Crippen LogP contribution in [0.2, 0.25) is 0 Å². The van der Waals surface area contributed by atoms with Crippen LogP contribution in [-0.2, 0) is 16.1 Å². The van der Waals surface area contributed by atoms with Gasteiger partial charge in [-0.1, -0.05) is 12.1 Å². The summed E-state index contributed by atoms with van der Waals surface area (Å²) >= 11 is 0. The lowest BCUT2D eigenvalue weighted by atomic mass is 10.1. The minimum atomic E-state index is -3.16. The van der Waals surface area contributed by atoms with E-state index in [-0.39, 0.29) is 17.9 Å². The number of nitrogens with one attached hydrogen (secondary N) is 2. The van der Waals surface area contributed by atoms with Gasteiger partial charge in [-0.15, -0.1) is 0 Å². The number of halogens is 2. The van der Waals surface area contributed by atoms with Gasteiger partial charge in [0.25, 0.3) is 11.8 Å². The van der Waals surface area contributed by atoms with E-state index in [1.165, 1.54) is 17.8 Å². The third-order valence-corrected chi connectivity index (χ3v) is 4.87. The van der Waals surface area contributed by atoms with Crippen LogP contribution in [0.5, 0.6) is 0 Å². The van der Waals surface area contributed by atoms with Crippen LogP contribution in [0.1, 0.15) is 34.8 Å². The van der Waals surface area contributed by atoms with E-state index in [0.29, 0.717) is 5.56 Å². The number of hydrogen-bond donors (Lipinski definition) is 2. The van der Waals surface area contributed by atoms with Gasteiger partial charge in [0.2, 0.25) is 11.8 Å². The zero-order valence-corrected chi connectivity index (χ0v) is 17.5. The summed E-state index contributed by atoms with van der Waals surface area (Å²) < 4.78 is 28.5. The smallest absolute Gasteiger partial charge is 0.268 e. The van der Waals surface area contributed by atoms with Gasteiger partial charge in [0.05, 0.1) is 37.3 Å². The molecule has 170 valence electrons. The molecule has 3 amide bonds. The number of carbonyl (C=O) groups is 3. The maximum atomic E-state index is 13.6. The standard InChI is InChI=1S/C21H19F2N7O3/c1-13(31)27-19-17(11-29(28-19)10-15-4-2-14(7-24)3-5-15)20(33)26-9-18(32)30-12-21(22,23)6-16(30)8-25/h2-5,11,16H,6,9-10,12H2,1H3,(H,26,33)(H,27,28,31)/t16-/m0/s1. The van der Waals surface area contributed by atoms with Crippen molar-refractivity contribution >= 4 is 23.5 Å². The lowest BCUT2D eigenvalue weighted by Gasteiger charge is -2.19. The highest BCUT2D eigenvalue weighted by atomic mass is 19.3. The van der Waals surface area contributed by atoms with Gasteiger partial charge in [-0.3, -0.25) is 19.1 Å². The van der Waals surface area contributed by atoms with Crippen LogP contribution in [0.4, 0.5) is 14.6 Å². The van der Waals surface area contributed by atoms with Crippen LogP contribution in [0.15, 0.2) is 30.5 Å². The average molecular weight is 455 g/mol. The lowest BCUT2D eigenvalue weighted by Crippen LogP contribution is -2.43. The van der Waals surface area contributed by atoms with Crippen molar-refractivity contribution in [2.75, 3.05) is 18.4 Å². The Kier molecular flexibility index (Phi) is 6.68. The zero-order valence-electron chi connectivity index (χ0n) is 17.5. The Bertz CT molecular complexity index is 1160. The van der Waals surface area contributed by atoms with E-state index in [9.17, 15) is 23.2 Å². The van der Waals surface area contributed by atoms with E-state index < -0.39 is 49.2 Å². The molecule has 1 aliphatic heterocycles. The van der Waals surface area contributed by atoms with Crippen molar-refractivity contribution in [3.05, 3.63) is 47.2 Å². The van der Waals surface area contributed by atoms with Crippen molar-refractivity contribution in [1.29, 1.82) is 10.5 Å². The average Bonchev–Trinajstić information content (AvgIpc) is 3.31. The fourth-order valence-corrected chi connectivity index (χ4v) is 3.35. The Morgan fingerprint density at radius 3 is 2.55 bits per heavy atom. The fraction of sp³-hybridized carbons (Fsp3) is 0.333. The number of aromatic nitrogens is 2. The largest absolute Gasteiger partial charge is 0.343 e. The van der Waals surface area contributed by atoms with Crippen LogP contribution in [0.3, 0.4) is 0 Å². The Hall–Kier alpha value is -4.32. The summed E-state index contributed by atoms with van der Waals surface area (Å²) in [5, 5.41) is 26.8. The summed E-state index contributed by atoms with van der Waals surface area (Å²) in [5.74, 6) is -5.25. The molecular weight excluding hydrogens is 436 g/mol. The lowest BCUT2D eigenvalue weighted by molar-refractivity contribution is -0.131. The number of amides is 3. The van der Waals surface area contributed by atoms with Gasteiger partial charge in [0.1, 0.15) is 11.6 Å². The quantitative estimate of drug-likeness (QED) is 0.671. The fourth-order valence-electron chi connectivity index (χ4n) is 3.35. The predicted octanol–water partition coefficient (Wildman–Crippen LogP) is 1.25. The Labute approximate surface area is 187 Å². The van der Waals surface area contributed by atoms with E-state index in [2.05, 4.69) is 15.7 Å². The highest BCUT2D eigenvalue weighted by Gasteiger charge is 2.47. The summed E-state index contributed by atoms with van der Waals surface area (Å²) in [6.07, 6.45) is 0.614. The van der Waals surface area contributed by atoms with Crippen molar-refractivity contribution in [2.24, 2.45) is 0 Å². The number of anilines is 1. The van der Waals surface area contributed by atoms with Crippen LogP contribution >= 0.6 is 0 Å². The second kappa shape index (κ2) is 9.44. The highest BCUT2D eigenvalue weighted by molar-refractivity contribution is 6.03. The Morgan fingerprint density at radius 1 is 1.24 bits per heavy atom. The van der Waals surface area contributed by atoms with Gasteiger partial charge in [-0.25, -0.2) is 8.78 Å². The van der Waals surface area contributed by atoms with Crippen molar-refractivity contribution in [2.45, 2.75) is 31.9 Å². The number of likely N-dealkylation sites (tertiary alicyclic amines) is 1. The zero-order chi connectivity index (χ0) is 24.2. The first-order chi connectivity index (χ1) is 15.6. The van der Waals surface area contributed by atoms with E-state index >= 15 is 0 Å². The van der Waals surface area contributed by atoms with Crippen molar-refractivity contribution in [3.8, 4) is 12.1 Å². The van der Waals surface area contributed by atoms with Crippen LogP contribution in [-0.4, -0.2) is 57.5 Å². The van der Waals surface area contributed by atoms with E-state index in [1.807, 2.05) is 6.07 Å². The molecule has 1 fully saturated rings. The first kappa shape index (κ1) is 23.3. The molecule has 10 nitrogen and oxygen atoms in total. The first-order valence-corrected chi connectivity index (χ1v) is 9.81. The third kappa shape index (κ3) is 5.68. The first-order valence-electron chi connectivity index (χ1n) is 9.81. The Balaban J connectivity index is 1.71. The van der Waals surface area contributed by atoms with E-state index in [4.69, 9.17) is 10.5 Å². The minimum Gasteiger partial charge on any atom is -0.343 e. The molecule has 2 aromatic rings. The molecule has 2 N–H and O–H groups in total. The topological polar surface area (TPSA) is 144 Å². The molecule has 1 saturated heterocycles. The van der Waals surface area contributed by atoms with Crippen LogP contribution < -0.4 is 10.6 Å². The van der Waals surface area contributed by atoms with Gasteiger partial charge in [-0.2, -0.15) is 15.6 Å². The number of alkyl halides is 2. The molecule has 0 bridgehead atoms. The molecule has 1 aliphatic rings. The maximum Gasteiger partial charge on any atom is 0.268 e. The molecule has 0 saturated carbocycles. The molecule has 33 heavy (non-hydrogen) atoms. The van der Waals surface area contributed by atoms with E-state index in [0.717, 1.165) is 10.5 Å². The molecular formula is C21H19F2N7O3. The van der Waals surface area contributed by atoms with Crippen molar-refractivity contribution < 1.29 is 23.2 Å². The molecule has 1 aromatic carbocycles. The van der Waals surface area contributed by atoms with Gasteiger partial charge in [0, 0.05) is 19.5 Å². The summed E-state index contributed by atoms with van der Waals surface area (Å²) in [5.41, 5.74) is 1.23. The van der Waals surface area contributed by atoms with Crippen molar-refractivity contribution in [3.63, 3.8) is 0 Å². The summed E-state index contributed by atoms with van der Waals surface area (Å²) in [6, 6.07) is 9.10. The number of nitrogens with zero attached hydrogens (tertiary/aromatic N) is 5. The molecule has 12 heteroatoms. The Morgan fingerprint density at radius 2 is 1.94 bits per heavy atom. The maximum absolute atomic E-state index is 13.6. The predicted molar refractivity (Wildman–Crippen MR) is 110 cm³/mol. The molecule has 0 unspecified atom stereocenters. The molecule has 1 aromatic heterocycles. The van der Waals surface area contributed by atoms with Gasteiger partial charge in [-0.05, 0) is 17.7 Å². The number of nitriles is 2. The van der Waals surface area contributed by atoms with Gasteiger partial charge >= 0.3 is 0 Å². The summed E-state index contributed by atoms with van der Waals surface area (Å²) in [7, 11) is 0. The molecule has 0 spiro atoms. The number of hydrogen-bond acceptors (Lipinski definition) is 6. The summed E-state index contributed by atoms with van der Waals surface area (Å²) in [4.78, 5) is 37.2. The minimum absolute atomic E-state index is 0.0322. The third-order valence-electron chi connectivity index (χ3n) is 4.87. The summed E-state index contributed by atoms with van der Waals surface area (Å²) in [6.45, 7) is -0.0232. The molecule has 1 atom stereocenters. The molecule has 0 radical (unpaired) electrons. The number of carbonyl (C=O) groups excluding carboxylic acids is 3. The van der Waals surface area contributed by atoms with Crippen LogP contribution in [0.25, 0.3) is 0 Å².